The quantitative estimate of drug-likeness (QED) is 0.597. The molecule has 21 heavy (non-hydrogen) atoms. The van der Waals surface area contributed by atoms with Gasteiger partial charge in [-0.1, -0.05) is 11.8 Å². The van der Waals surface area contributed by atoms with E-state index in [-0.39, 0.29) is 24.8 Å². The van der Waals surface area contributed by atoms with Crippen molar-refractivity contribution < 1.29 is 9.50 Å². The normalized spacial score (nSPS) is 10.4. The van der Waals surface area contributed by atoms with Crippen LogP contribution in [0, 0.1) is 5.82 Å². The van der Waals surface area contributed by atoms with Crippen molar-refractivity contribution in [3.63, 3.8) is 0 Å². The molecule has 0 atom stereocenters. The molecule has 3 N–H and O–H groups in total. The molecule has 2 rings (SSSR count). The Labute approximate surface area is 133 Å². The summed E-state index contributed by atoms with van der Waals surface area (Å²) in [5.41, 5.74) is 6.39. The van der Waals surface area contributed by atoms with Gasteiger partial charge in [0, 0.05) is 24.5 Å². The summed E-state index contributed by atoms with van der Waals surface area (Å²) in [7, 11) is 0. The third kappa shape index (κ3) is 4.67. The molecule has 0 fully saturated rings. The first kappa shape index (κ1) is 17.9. The van der Waals surface area contributed by atoms with Crippen LogP contribution in [0.2, 0.25) is 0 Å². The average molecular weight is 333 g/mol. The maximum absolute atomic E-state index is 13.0. The number of nitrogens with two attached hydrogens (primary N) is 1. The molecule has 0 radical (unpaired) electrons. The molecule has 0 aliphatic carbocycles. The van der Waals surface area contributed by atoms with Crippen LogP contribution in [0.4, 0.5) is 4.39 Å². The summed E-state index contributed by atoms with van der Waals surface area (Å²) in [6.07, 6.45) is 1.29. The van der Waals surface area contributed by atoms with Crippen molar-refractivity contribution in [1.82, 2.24) is 14.8 Å². The number of hydrogen-bond acceptors (Lipinski definition) is 5. The fraction of sp³-hybridized carbons (Fsp3) is 0.385. The lowest BCUT2D eigenvalue weighted by Gasteiger charge is -2.09. The molecule has 0 amide bonds. The van der Waals surface area contributed by atoms with Crippen LogP contribution in [-0.4, -0.2) is 38.8 Å². The van der Waals surface area contributed by atoms with E-state index < -0.39 is 0 Å². The number of hydrogen-bond donors (Lipinski definition) is 2. The molecule has 0 aliphatic rings. The number of halogens is 2. The topological polar surface area (TPSA) is 77.0 Å². The highest BCUT2D eigenvalue weighted by Crippen LogP contribution is 2.23. The van der Waals surface area contributed by atoms with Crippen molar-refractivity contribution in [2.75, 3.05) is 18.9 Å². The minimum atomic E-state index is -0.281. The maximum Gasteiger partial charge on any atom is 0.195 e. The third-order valence-electron chi connectivity index (χ3n) is 2.69. The molecular formula is C13H18ClFN4OS. The molecule has 8 heteroatoms. The molecule has 0 bridgehead atoms. The highest BCUT2D eigenvalue weighted by molar-refractivity contribution is 7.99. The summed E-state index contributed by atoms with van der Waals surface area (Å²) in [5.74, 6) is 1.22. The van der Waals surface area contributed by atoms with Gasteiger partial charge in [-0.2, -0.15) is 0 Å². The number of nitrogens with zero attached hydrogens (tertiary/aromatic N) is 3. The van der Waals surface area contributed by atoms with Crippen LogP contribution in [0.5, 0.6) is 0 Å². The third-order valence-corrected chi connectivity index (χ3v) is 3.70. The Balaban J connectivity index is 0.00000220. The number of rotatable bonds is 7. The number of benzene rings is 1. The minimum Gasteiger partial charge on any atom is -0.396 e. The summed E-state index contributed by atoms with van der Waals surface area (Å²) < 4.78 is 14.9. The van der Waals surface area contributed by atoms with Crippen molar-refractivity contribution in [1.29, 1.82) is 0 Å². The van der Waals surface area contributed by atoms with Crippen molar-refractivity contribution in [2.24, 2.45) is 5.73 Å². The van der Waals surface area contributed by atoms with Crippen molar-refractivity contribution in [2.45, 2.75) is 18.0 Å². The van der Waals surface area contributed by atoms with E-state index in [1.165, 1.54) is 23.9 Å². The Kier molecular flexibility index (Phi) is 7.66. The Bertz CT molecular complexity index is 550. The smallest absolute Gasteiger partial charge is 0.195 e. The second kappa shape index (κ2) is 8.99. The van der Waals surface area contributed by atoms with Crippen LogP contribution in [0.3, 0.4) is 0 Å². The molecular weight excluding hydrogens is 315 g/mol. The van der Waals surface area contributed by atoms with E-state index in [1.807, 2.05) is 4.57 Å². The number of thioether (sulfide) groups is 1. The molecule has 0 aliphatic heterocycles. The zero-order valence-electron chi connectivity index (χ0n) is 11.4. The van der Waals surface area contributed by atoms with Gasteiger partial charge >= 0.3 is 0 Å². The summed E-state index contributed by atoms with van der Waals surface area (Å²) in [4.78, 5) is 0. The lowest BCUT2D eigenvalue weighted by atomic mass is 10.3. The van der Waals surface area contributed by atoms with Crippen LogP contribution in [0.25, 0.3) is 5.69 Å². The fourth-order valence-corrected chi connectivity index (χ4v) is 2.66. The molecule has 5 nitrogen and oxygen atoms in total. The van der Waals surface area contributed by atoms with Gasteiger partial charge in [0.15, 0.2) is 5.16 Å². The van der Waals surface area contributed by atoms with Crippen molar-refractivity contribution >= 4 is 24.2 Å². The number of aliphatic hydroxyl groups is 1. The van der Waals surface area contributed by atoms with Crippen LogP contribution in [0.1, 0.15) is 12.2 Å². The Morgan fingerprint density at radius 1 is 1.24 bits per heavy atom. The minimum absolute atomic E-state index is 0. The maximum atomic E-state index is 13.0. The monoisotopic (exact) mass is 332 g/mol. The molecule has 1 aromatic carbocycles. The van der Waals surface area contributed by atoms with Gasteiger partial charge in [-0.05, 0) is 37.2 Å². The molecule has 0 saturated carbocycles. The molecule has 116 valence electrons. The Hall–Kier alpha value is -1.15. The predicted molar refractivity (Wildman–Crippen MR) is 83.8 cm³/mol. The average Bonchev–Trinajstić information content (AvgIpc) is 2.84. The molecule has 1 aromatic heterocycles. The van der Waals surface area contributed by atoms with Gasteiger partial charge in [-0.3, -0.25) is 4.57 Å². The molecule has 0 saturated heterocycles. The Morgan fingerprint density at radius 3 is 2.57 bits per heavy atom. The van der Waals surface area contributed by atoms with Crippen LogP contribution >= 0.6 is 24.2 Å². The van der Waals surface area contributed by atoms with Crippen LogP contribution in [0.15, 0.2) is 29.4 Å². The first-order valence-electron chi connectivity index (χ1n) is 6.40. The first-order chi connectivity index (χ1) is 9.76. The number of aromatic nitrogens is 3. The molecule has 1 heterocycles. The van der Waals surface area contributed by atoms with Gasteiger partial charge in [0.2, 0.25) is 0 Å². The standard InChI is InChI=1S/C13H17FN4OS.ClH/c14-10-2-4-11(5-3-10)18-12(6-7-15)16-17-13(18)20-9-1-8-19;/h2-5,19H,1,6-9,15H2;1H. The zero-order valence-corrected chi connectivity index (χ0v) is 13.0. The second-order valence-corrected chi connectivity index (χ2v) is 5.24. The van der Waals surface area contributed by atoms with Gasteiger partial charge < -0.3 is 10.8 Å². The SMILES string of the molecule is Cl.NCCc1nnc(SCCCO)n1-c1ccc(F)cc1. The highest BCUT2D eigenvalue weighted by Gasteiger charge is 2.13. The van der Waals surface area contributed by atoms with Crippen LogP contribution < -0.4 is 5.73 Å². The van der Waals surface area contributed by atoms with Gasteiger partial charge in [0.05, 0.1) is 0 Å². The summed E-state index contributed by atoms with van der Waals surface area (Å²) in [6, 6.07) is 6.19. The summed E-state index contributed by atoms with van der Waals surface area (Å²) in [6.45, 7) is 0.619. The van der Waals surface area contributed by atoms with Crippen molar-refractivity contribution in [3.05, 3.63) is 35.9 Å². The van der Waals surface area contributed by atoms with E-state index in [0.29, 0.717) is 19.4 Å². The first-order valence-corrected chi connectivity index (χ1v) is 7.38. The van der Waals surface area contributed by atoms with Crippen LogP contribution in [-0.2, 0) is 6.42 Å². The largest absolute Gasteiger partial charge is 0.396 e. The molecule has 2 aromatic rings. The molecule has 0 spiro atoms. The van der Waals surface area contributed by atoms with Gasteiger partial charge in [0.1, 0.15) is 11.6 Å². The van der Waals surface area contributed by atoms with E-state index >= 15 is 0 Å². The highest BCUT2D eigenvalue weighted by atomic mass is 35.5. The predicted octanol–water partition coefficient (Wildman–Crippen LogP) is 1.80. The zero-order chi connectivity index (χ0) is 14.4. The van der Waals surface area contributed by atoms with E-state index in [1.54, 1.807) is 12.1 Å². The number of aliphatic hydroxyl groups excluding tert-OH is 1. The summed E-state index contributed by atoms with van der Waals surface area (Å²) >= 11 is 1.51. The lowest BCUT2D eigenvalue weighted by Crippen LogP contribution is -2.09. The second-order valence-electron chi connectivity index (χ2n) is 4.17. The molecule has 0 unspecified atom stereocenters. The van der Waals surface area contributed by atoms with E-state index in [2.05, 4.69) is 10.2 Å². The van der Waals surface area contributed by atoms with Gasteiger partial charge in [0.25, 0.3) is 0 Å². The lowest BCUT2D eigenvalue weighted by molar-refractivity contribution is 0.296. The van der Waals surface area contributed by atoms with E-state index in [4.69, 9.17) is 10.8 Å². The van der Waals surface area contributed by atoms with Crippen molar-refractivity contribution in [3.8, 4) is 5.69 Å². The fourth-order valence-electron chi connectivity index (χ4n) is 1.76. The van der Waals surface area contributed by atoms with E-state index in [0.717, 1.165) is 22.4 Å². The Morgan fingerprint density at radius 2 is 1.95 bits per heavy atom. The van der Waals surface area contributed by atoms with E-state index in [9.17, 15) is 4.39 Å². The van der Waals surface area contributed by atoms with Gasteiger partial charge in [-0.25, -0.2) is 4.39 Å². The van der Waals surface area contributed by atoms with Gasteiger partial charge in [-0.15, -0.1) is 22.6 Å². The summed E-state index contributed by atoms with van der Waals surface area (Å²) in [5, 5.41) is 17.9.